The third-order valence-electron chi connectivity index (χ3n) is 3.17. The van der Waals surface area contributed by atoms with E-state index in [1.807, 2.05) is 0 Å². The van der Waals surface area contributed by atoms with Crippen LogP contribution in [0.2, 0.25) is 0 Å². The average Bonchev–Trinajstić information content (AvgIpc) is 2.28. The molecule has 1 aromatic rings. The first-order valence-electron chi connectivity index (χ1n) is 6.02. The Labute approximate surface area is 112 Å². The molecule has 0 spiro atoms. The summed E-state index contributed by atoms with van der Waals surface area (Å²) < 4.78 is 27.9. The molecule has 0 amide bonds. The molecule has 1 aliphatic carbocycles. The summed E-state index contributed by atoms with van der Waals surface area (Å²) in [5, 5.41) is 0. The monoisotopic (exact) mass is 289 g/mol. The Morgan fingerprint density at radius 3 is 2.72 bits per heavy atom. The SMILES string of the molecule is CC1CCCC(Oc2ccc(S(=O)(=O)Cl)cn2)C1. The quantitative estimate of drug-likeness (QED) is 0.803. The molecule has 1 aromatic heterocycles. The number of rotatable bonds is 3. The maximum atomic E-state index is 11.1. The summed E-state index contributed by atoms with van der Waals surface area (Å²) in [5.74, 6) is 1.13. The summed E-state index contributed by atoms with van der Waals surface area (Å²) in [6.45, 7) is 2.21. The molecule has 2 atom stereocenters. The lowest BCUT2D eigenvalue weighted by Crippen LogP contribution is -2.24. The predicted molar refractivity (Wildman–Crippen MR) is 69.3 cm³/mol. The maximum absolute atomic E-state index is 11.1. The third kappa shape index (κ3) is 3.59. The molecule has 0 N–H and O–H groups in total. The minimum absolute atomic E-state index is 0.00599. The van der Waals surface area contributed by atoms with Crippen LogP contribution in [0.15, 0.2) is 23.2 Å². The largest absolute Gasteiger partial charge is 0.474 e. The Morgan fingerprint density at radius 2 is 2.17 bits per heavy atom. The average molecular weight is 290 g/mol. The molecular weight excluding hydrogens is 274 g/mol. The van der Waals surface area contributed by atoms with Gasteiger partial charge in [-0.1, -0.05) is 13.3 Å². The van der Waals surface area contributed by atoms with Gasteiger partial charge >= 0.3 is 0 Å². The molecular formula is C12H16ClNO3S. The molecule has 2 rings (SSSR count). The van der Waals surface area contributed by atoms with Crippen molar-refractivity contribution < 1.29 is 13.2 Å². The summed E-state index contributed by atoms with van der Waals surface area (Å²) in [7, 11) is 1.51. The van der Waals surface area contributed by atoms with Crippen molar-refractivity contribution in [3.05, 3.63) is 18.3 Å². The number of hydrogen-bond donors (Lipinski definition) is 0. The number of aromatic nitrogens is 1. The summed E-state index contributed by atoms with van der Waals surface area (Å²) in [6, 6.07) is 2.96. The lowest BCUT2D eigenvalue weighted by Gasteiger charge is -2.26. The Morgan fingerprint density at radius 1 is 1.39 bits per heavy atom. The highest BCUT2D eigenvalue weighted by molar-refractivity contribution is 8.13. The zero-order chi connectivity index (χ0) is 13.2. The van der Waals surface area contributed by atoms with E-state index in [-0.39, 0.29) is 11.0 Å². The van der Waals surface area contributed by atoms with Gasteiger partial charge in [-0.05, 0) is 31.2 Å². The van der Waals surface area contributed by atoms with E-state index in [9.17, 15) is 8.42 Å². The summed E-state index contributed by atoms with van der Waals surface area (Å²) >= 11 is 0. The van der Waals surface area contributed by atoms with E-state index >= 15 is 0 Å². The standard InChI is InChI=1S/C12H16ClNO3S/c1-9-3-2-4-10(7-9)17-12-6-5-11(8-14-12)18(13,15)16/h5-6,8-10H,2-4,7H2,1H3. The van der Waals surface area contributed by atoms with Crippen molar-refractivity contribution in [2.24, 2.45) is 5.92 Å². The second-order valence-electron chi connectivity index (χ2n) is 4.78. The van der Waals surface area contributed by atoms with Crippen LogP contribution < -0.4 is 4.74 Å². The van der Waals surface area contributed by atoms with E-state index in [2.05, 4.69) is 11.9 Å². The Hall–Kier alpha value is -0.810. The van der Waals surface area contributed by atoms with Crippen LogP contribution in [0.5, 0.6) is 5.88 Å². The lowest BCUT2D eigenvalue weighted by molar-refractivity contribution is 0.124. The predicted octanol–water partition coefficient (Wildman–Crippen LogP) is 2.97. The molecule has 0 aliphatic heterocycles. The van der Waals surface area contributed by atoms with Gasteiger partial charge in [-0.2, -0.15) is 0 Å². The summed E-state index contributed by atoms with van der Waals surface area (Å²) in [4.78, 5) is 3.97. The Bertz CT molecular complexity index is 501. The van der Waals surface area contributed by atoms with Gasteiger partial charge < -0.3 is 4.74 Å². The number of nitrogens with zero attached hydrogens (tertiary/aromatic N) is 1. The lowest BCUT2D eigenvalue weighted by atomic mass is 9.89. The van der Waals surface area contributed by atoms with Gasteiger partial charge in [0.15, 0.2) is 0 Å². The fraction of sp³-hybridized carbons (Fsp3) is 0.583. The van der Waals surface area contributed by atoms with Crippen LogP contribution in [-0.4, -0.2) is 19.5 Å². The fourth-order valence-corrected chi connectivity index (χ4v) is 2.92. The van der Waals surface area contributed by atoms with Crippen LogP contribution in [0, 0.1) is 5.92 Å². The molecule has 0 saturated heterocycles. The zero-order valence-electron chi connectivity index (χ0n) is 10.2. The maximum Gasteiger partial charge on any atom is 0.262 e. The van der Waals surface area contributed by atoms with Crippen LogP contribution in [0.3, 0.4) is 0 Å². The van der Waals surface area contributed by atoms with Crippen LogP contribution >= 0.6 is 10.7 Å². The summed E-state index contributed by atoms with van der Waals surface area (Å²) in [6.07, 6.45) is 5.87. The first-order valence-corrected chi connectivity index (χ1v) is 8.33. The van der Waals surface area contributed by atoms with Crippen molar-refractivity contribution in [2.75, 3.05) is 0 Å². The topological polar surface area (TPSA) is 56.3 Å². The van der Waals surface area contributed by atoms with Crippen molar-refractivity contribution in [1.82, 2.24) is 4.98 Å². The van der Waals surface area contributed by atoms with E-state index in [4.69, 9.17) is 15.4 Å². The highest BCUT2D eigenvalue weighted by atomic mass is 35.7. The molecule has 4 nitrogen and oxygen atoms in total. The van der Waals surface area contributed by atoms with Crippen LogP contribution in [0.1, 0.15) is 32.6 Å². The van der Waals surface area contributed by atoms with Crippen LogP contribution in [0.25, 0.3) is 0 Å². The molecule has 6 heteroatoms. The van der Waals surface area contributed by atoms with Gasteiger partial charge in [0.2, 0.25) is 5.88 Å². The number of ether oxygens (including phenoxy) is 1. The smallest absolute Gasteiger partial charge is 0.262 e. The molecule has 2 unspecified atom stereocenters. The second kappa shape index (κ2) is 5.45. The number of hydrogen-bond acceptors (Lipinski definition) is 4. The summed E-state index contributed by atoms with van der Waals surface area (Å²) in [5.41, 5.74) is 0. The molecule has 0 bridgehead atoms. The minimum Gasteiger partial charge on any atom is -0.474 e. The minimum atomic E-state index is -3.71. The first-order chi connectivity index (χ1) is 8.45. The van der Waals surface area contributed by atoms with Crippen molar-refractivity contribution >= 4 is 19.7 Å². The Balaban J connectivity index is 2.02. The van der Waals surface area contributed by atoms with Crippen molar-refractivity contribution in [3.8, 4) is 5.88 Å². The van der Waals surface area contributed by atoms with Crippen molar-refractivity contribution in [1.29, 1.82) is 0 Å². The molecule has 0 radical (unpaired) electrons. The van der Waals surface area contributed by atoms with E-state index in [0.29, 0.717) is 11.8 Å². The van der Waals surface area contributed by atoms with Gasteiger partial charge in [-0.3, -0.25) is 0 Å². The van der Waals surface area contributed by atoms with Gasteiger partial charge in [0.25, 0.3) is 9.05 Å². The molecule has 100 valence electrons. The normalized spacial score (nSPS) is 24.8. The molecule has 1 fully saturated rings. The molecule has 1 saturated carbocycles. The Kier molecular flexibility index (Phi) is 4.12. The highest BCUT2D eigenvalue weighted by Gasteiger charge is 2.20. The van der Waals surface area contributed by atoms with E-state index < -0.39 is 9.05 Å². The van der Waals surface area contributed by atoms with Gasteiger partial charge in [0, 0.05) is 16.7 Å². The second-order valence-corrected chi connectivity index (χ2v) is 7.35. The van der Waals surface area contributed by atoms with E-state index in [1.54, 1.807) is 6.07 Å². The van der Waals surface area contributed by atoms with Crippen LogP contribution in [-0.2, 0) is 9.05 Å². The van der Waals surface area contributed by atoms with Crippen LogP contribution in [0.4, 0.5) is 0 Å². The fourth-order valence-electron chi connectivity index (χ4n) is 2.24. The van der Waals surface area contributed by atoms with Gasteiger partial charge in [-0.25, -0.2) is 13.4 Å². The molecule has 18 heavy (non-hydrogen) atoms. The molecule has 1 heterocycles. The first kappa shape index (κ1) is 13.6. The number of halogens is 1. The highest BCUT2D eigenvalue weighted by Crippen LogP contribution is 2.27. The third-order valence-corrected chi connectivity index (χ3v) is 4.51. The van der Waals surface area contributed by atoms with E-state index in [0.717, 1.165) is 12.8 Å². The van der Waals surface area contributed by atoms with Crippen molar-refractivity contribution in [3.63, 3.8) is 0 Å². The van der Waals surface area contributed by atoms with Gasteiger partial charge in [0.1, 0.15) is 11.0 Å². The molecule has 1 aliphatic rings. The van der Waals surface area contributed by atoms with Gasteiger partial charge in [-0.15, -0.1) is 0 Å². The van der Waals surface area contributed by atoms with Crippen molar-refractivity contribution in [2.45, 2.75) is 43.6 Å². The van der Waals surface area contributed by atoms with E-state index in [1.165, 1.54) is 25.1 Å². The zero-order valence-corrected chi connectivity index (χ0v) is 11.7. The number of pyridine rings is 1. The van der Waals surface area contributed by atoms with Gasteiger partial charge in [0.05, 0.1) is 6.20 Å². The molecule has 0 aromatic carbocycles.